The van der Waals surface area contributed by atoms with E-state index in [2.05, 4.69) is 45.0 Å². The maximum Gasteiger partial charge on any atom is 0.162 e. The Labute approximate surface area is 353 Å². The van der Waals surface area contributed by atoms with Crippen LogP contribution < -0.4 is 0 Å². The van der Waals surface area contributed by atoms with Gasteiger partial charge in [0.1, 0.15) is 0 Å². The first-order valence-electron chi connectivity index (χ1n) is 24.0. The molecule has 2 rings (SSSR count). The van der Waals surface area contributed by atoms with Gasteiger partial charge in [-0.1, -0.05) is 272 Å². The van der Waals surface area contributed by atoms with Gasteiger partial charge < -0.3 is 0 Å². The Bertz CT molecular complexity index is 1130. The molecule has 0 aliphatic heterocycles. The molecule has 0 N–H and O–H groups in total. The summed E-state index contributed by atoms with van der Waals surface area (Å²) in [6.45, 7) is 6.77. The standard InChI is InChI=1S/C26H42Cl2O.C26H46/c1-2-3-4-5-6-7-8-9-10-11-12-13-14-15-16-17-18-19-26(29)23-20-21-24(27)25(28)22-23;1-3-4-5-6-7-8-9-10-11-12-13-14-15-16-17-18-19-22-26-23-20-21-25(2)24-26/h20-22H,2-19H2,1H3;20-21,23-24H,3-19,22H2,1-2H3. The van der Waals surface area contributed by atoms with Crippen molar-refractivity contribution in [2.24, 2.45) is 0 Å². The van der Waals surface area contributed by atoms with Gasteiger partial charge in [0, 0.05) is 12.0 Å². The summed E-state index contributed by atoms with van der Waals surface area (Å²) in [4.78, 5) is 12.2. The molecule has 0 spiro atoms. The summed E-state index contributed by atoms with van der Waals surface area (Å²) < 4.78 is 0. The molecule has 316 valence electrons. The summed E-state index contributed by atoms with van der Waals surface area (Å²) in [6, 6.07) is 14.2. The molecule has 0 aliphatic carbocycles. The normalized spacial score (nSPS) is 11.1. The maximum atomic E-state index is 12.2. The number of ketones is 1. The van der Waals surface area contributed by atoms with Gasteiger partial charge in [0.25, 0.3) is 0 Å². The molecule has 1 nitrogen and oxygen atoms in total. The first-order valence-corrected chi connectivity index (χ1v) is 24.8. The Morgan fingerprint density at radius 1 is 0.418 bits per heavy atom. The molecule has 0 bridgehead atoms. The Balaban J connectivity index is 0.000000553. The number of carbonyl (C=O) groups is 1. The van der Waals surface area contributed by atoms with Gasteiger partial charge in [0.15, 0.2) is 5.78 Å². The molecular formula is C52H88Cl2O. The molecule has 0 atom stereocenters. The minimum Gasteiger partial charge on any atom is -0.294 e. The van der Waals surface area contributed by atoms with Gasteiger partial charge >= 0.3 is 0 Å². The van der Waals surface area contributed by atoms with E-state index in [4.69, 9.17) is 23.2 Å². The quantitative estimate of drug-likeness (QED) is 0.0491. The van der Waals surface area contributed by atoms with Crippen molar-refractivity contribution in [1.29, 1.82) is 0 Å². The molecule has 0 aromatic heterocycles. The molecule has 0 unspecified atom stereocenters. The molecule has 3 heteroatoms. The van der Waals surface area contributed by atoms with E-state index >= 15 is 0 Å². The van der Waals surface area contributed by atoms with E-state index in [9.17, 15) is 4.79 Å². The van der Waals surface area contributed by atoms with Gasteiger partial charge in [-0.05, 0) is 49.9 Å². The Morgan fingerprint density at radius 2 is 0.782 bits per heavy atom. The number of benzene rings is 2. The van der Waals surface area contributed by atoms with Crippen LogP contribution in [0.25, 0.3) is 0 Å². The summed E-state index contributed by atoms with van der Waals surface area (Å²) in [5.74, 6) is 0.171. The van der Waals surface area contributed by atoms with Gasteiger partial charge in [0.05, 0.1) is 10.0 Å². The summed E-state index contributed by atoms with van der Waals surface area (Å²) >= 11 is 11.9. The molecule has 2 aromatic carbocycles. The zero-order chi connectivity index (χ0) is 39.9. The molecule has 0 saturated heterocycles. The van der Waals surface area contributed by atoms with E-state index in [1.807, 2.05) is 0 Å². The van der Waals surface area contributed by atoms with Crippen LogP contribution in [-0.2, 0) is 6.42 Å². The second-order valence-corrected chi connectivity index (χ2v) is 17.7. The number of rotatable bonds is 37. The van der Waals surface area contributed by atoms with Crippen LogP contribution in [0, 0.1) is 6.92 Å². The number of carbonyl (C=O) groups excluding carboxylic acids is 1. The summed E-state index contributed by atoms with van der Waals surface area (Å²) in [5, 5.41) is 0.959. The lowest BCUT2D eigenvalue weighted by Gasteiger charge is -2.04. The minimum atomic E-state index is 0.171. The van der Waals surface area contributed by atoms with Crippen LogP contribution >= 0.6 is 23.2 Å². The first-order chi connectivity index (χ1) is 27.0. The smallest absolute Gasteiger partial charge is 0.162 e. The highest BCUT2D eigenvalue weighted by molar-refractivity contribution is 6.42. The largest absolute Gasteiger partial charge is 0.294 e. The lowest BCUT2D eigenvalue weighted by molar-refractivity contribution is 0.0979. The van der Waals surface area contributed by atoms with E-state index in [0.717, 1.165) is 12.8 Å². The number of hydrogen-bond acceptors (Lipinski definition) is 1. The zero-order valence-corrected chi connectivity index (χ0v) is 38.2. The lowest BCUT2D eigenvalue weighted by atomic mass is 10.0. The van der Waals surface area contributed by atoms with E-state index in [-0.39, 0.29) is 5.78 Å². The Hall–Kier alpha value is -1.31. The molecular weight excluding hydrogens is 711 g/mol. The predicted octanol–water partition coefficient (Wildman–Crippen LogP) is 19.4. The fourth-order valence-electron chi connectivity index (χ4n) is 7.75. The maximum absolute atomic E-state index is 12.2. The second-order valence-electron chi connectivity index (χ2n) is 16.9. The Morgan fingerprint density at radius 3 is 1.15 bits per heavy atom. The summed E-state index contributed by atoms with van der Waals surface area (Å²) in [6.07, 6.45) is 49.5. The predicted molar refractivity (Wildman–Crippen MR) is 249 cm³/mol. The van der Waals surface area contributed by atoms with E-state index in [1.54, 1.807) is 18.2 Å². The Kier molecular flexibility index (Phi) is 37.1. The number of Topliss-reactive ketones (excluding diaryl/α,β-unsaturated/α-hetero) is 1. The van der Waals surface area contributed by atoms with E-state index in [0.29, 0.717) is 22.0 Å². The van der Waals surface area contributed by atoms with Gasteiger partial charge in [-0.2, -0.15) is 0 Å². The van der Waals surface area contributed by atoms with Crippen molar-refractivity contribution in [2.75, 3.05) is 0 Å². The summed E-state index contributed by atoms with van der Waals surface area (Å²) in [5.41, 5.74) is 3.59. The molecule has 0 radical (unpaired) electrons. The zero-order valence-electron chi connectivity index (χ0n) is 36.7. The van der Waals surface area contributed by atoms with Crippen molar-refractivity contribution in [1.82, 2.24) is 0 Å². The molecule has 0 saturated carbocycles. The van der Waals surface area contributed by atoms with Crippen LogP contribution in [0.2, 0.25) is 10.0 Å². The summed E-state index contributed by atoms with van der Waals surface area (Å²) in [7, 11) is 0. The molecule has 55 heavy (non-hydrogen) atoms. The van der Waals surface area contributed by atoms with Crippen molar-refractivity contribution in [3.05, 3.63) is 69.2 Å². The average Bonchev–Trinajstić information content (AvgIpc) is 3.18. The molecule has 0 fully saturated rings. The first kappa shape index (κ1) is 51.7. The second kappa shape index (κ2) is 39.5. The van der Waals surface area contributed by atoms with Crippen LogP contribution in [-0.4, -0.2) is 5.78 Å². The van der Waals surface area contributed by atoms with Crippen molar-refractivity contribution in [3.63, 3.8) is 0 Å². The topological polar surface area (TPSA) is 17.1 Å². The number of halogens is 2. The lowest BCUT2D eigenvalue weighted by Crippen LogP contribution is -1.98. The number of unbranched alkanes of at least 4 members (excludes halogenated alkanes) is 32. The van der Waals surface area contributed by atoms with Crippen LogP contribution in [0.1, 0.15) is 260 Å². The fourth-order valence-corrected chi connectivity index (χ4v) is 8.04. The molecule has 2 aromatic rings. The van der Waals surface area contributed by atoms with Gasteiger partial charge in [0.2, 0.25) is 0 Å². The van der Waals surface area contributed by atoms with Crippen molar-refractivity contribution in [2.45, 2.75) is 252 Å². The monoisotopic (exact) mass is 799 g/mol. The third kappa shape index (κ3) is 33.4. The van der Waals surface area contributed by atoms with Crippen molar-refractivity contribution < 1.29 is 4.79 Å². The highest BCUT2D eigenvalue weighted by Gasteiger charge is 2.08. The van der Waals surface area contributed by atoms with Gasteiger partial charge in [-0.15, -0.1) is 0 Å². The van der Waals surface area contributed by atoms with Crippen LogP contribution in [0.3, 0.4) is 0 Å². The number of aryl methyl sites for hydroxylation is 2. The minimum absolute atomic E-state index is 0.171. The van der Waals surface area contributed by atoms with Crippen LogP contribution in [0.15, 0.2) is 42.5 Å². The highest BCUT2D eigenvalue weighted by Crippen LogP contribution is 2.24. The molecule has 0 heterocycles. The van der Waals surface area contributed by atoms with Crippen LogP contribution in [0.4, 0.5) is 0 Å². The van der Waals surface area contributed by atoms with Gasteiger partial charge in [-0.25, -0.2) is 0 Å². The van der Waals surface area contributed by atoms with Crippen molar-refractivity contribution >= 4 is 29.0 Å². The molecule has 0 aliphatic rings. The number of hydrogen-bond donors (Lipinski definition) is 0. The van der Waals surface area contributed by atoms with Gasteiger partial charge in [-0.3, -0.25) is 4.79 Å². The van der Waals surface area contributed by atoms with E-state index in [1.165, 1.54) is 223 Å². The van der Waals surface area contributed by atoms with Crippen molar-refractivity contribution in [3.8, 4) is 0 Å². The highest BCUT2D eigenvalue weighted by atomic mass is 35.5. The SMILES string of the molecule is CCCCCCCCCCCCCCCCCCCC(=O)c1ccc(Cl)c(Cl)c1.CCCCCCCCCCCCCCCCCCCc1cccc(C)c1. The van der Waals surface area contributed by atoms with E-state index < -0.39 is 0 Å². The fraction of sp³-hybridized carbons (Fsp3) is 0.750. The molecule has 0 amide bonds. The third-order valence-electron chi connectivity index (χ3n) is 11.4. The average molecular weight is 800 g/mol. The van der Waals surface area contributed by atoms with Crippen LogP contribution in [0.5, 0.6) is 0 Å². The third-order valence-corrected chi connectivity index (χ3v) is 12.1.